The maximum absolute atomic E-state index is 10.0. The first-order valence-electron chi connectivity index (χ1n) is 8.41. The summed E-state index contributed by atoms with van der Waals surface area (Å²) in [6, 6.07) is 0. The number of unbranched alkanes of at least 4 members (excludes halogenated alkanes) is 12. The van der Waals surface area contributed by atoms with Crippen LogP contribution < -0.4 is 29.6 Å². The van der Waals surface area contributed by atoms with E-state index in [1.54, 1.807) is 0 Å². The molecule has 0 aliphatic heterocycles. The SMILES string of the molecule is CCCCCCCC/C=C\CCCCCCC[C-]=O.[Na+]. The third kappa shape index (κ3) is 20.7. The van der Waals surface area contributed by atoms with E-state index in [0.29, 0.717) is 6.42 Å². The third-order valence-corrected chi connectivity index (χ3v) is 3.54. The molecule has 0 aliphatic rings. The average molecular weight is 288 g/mol. The van der Waals surface area contributed by atoms with Crippen molar-refractivity contribution in [3.05, 3.63) is 12.2 Å². The molecular weight excluding hydrogens is 255 g/mol. The third-order valence-electron chi connectivity index (χ3n) is 3.54. The zero-order chi connectivity index (χ0) is 14.0. The minimum absolute atomic E-state index is 0. The van der Waals surface area contributed by atoms with E-state index in [1.807, 2.05) is 6.29 Å². The summed E-state index contributed by atoms with van der Waals surface area (Å²) < 4.78 is 0. The Kier molecular flexibility index (Phi) is 24.6. The van der Waals surface area contributed by atoms with Crippen LogP contribution >= 0.6 is 0 Å². The second kappa shape index (κ2) is 21.7. The molecular formula is C18H33NaO. The van der Waals surface area contributed by atoms with Crippen molar-refractivity contribution in [2.75, 3.05) is 0 Å². The number of hydrogen-bond donors (Lipinski definition) is 0. The Morgan fingerprint density at radius 2 is 1.15 bits per heavy atom. The van der Waals surface area contributed by atoms with E-state index < -0.39 is 0 Å². The van der Waals surface area contributed by atoms with Crippen molar-refractivity contribution in [3.63, 3.8) is 0 Å². The molecule has 1 nitrogen and oxygen atoms in total. The van der Waals surface area contributed by atoms with Gasteiger partial charge in [-0.15, -0.1) is 0 Å². The monoisotopic (exact) mass is 288 g/mol. The van der Waals surface area contributed by atoms with Gasteiger partial charge in [-0.2, -0.15) is 6.42 Å². The Morgan fingerprint density at radius 1 is 0.700 bits per heavy atom. The topological polar surface area (TPSA) is 17.1 Å². The molecule has 0 heterocycles. The van der Waals surface area contributed by atoms with Gasteiger partial charge in [0.25, 0.3) is 0 Å². The van der Waals surface area contributed by atoms with Crippen LogP contribution in [0.2, 0.25) is 0 Å². The molecule has 0 amide bonds. The summed E-state index contributed by atoms with van der Waals surface area (Å²) in [5.74, 6) is 0. The summed E-state index contributed by atoms with van der Waals surface area (Å²) in [5, 5.41) is 0. The van der Waals surface area contributed by atoms with E-state index in [-0.39, 0.29) is 29.6 Å². The Labute approximate surface area is 149 Å². The van der Waals surface area contributed by atoms with Gasteiger partial charge >= 0.3 is 29.6 Å². The fraction of sp³-hybridized carbons (Fsp3) is 0.833. The van der Waals surface area contributed by atoms with Crippen LogP contribution in [0.3, 0.4) is 0 Å². The summed E-state index contributed by atoms with van der Waals surface area (Å²) in [6.45, 7) is 2.27. The van der Waals surface area contributed by atoms with Gasteiger partial charge in [0.15, 0.2) is 0 Å². The van der Waals surface area contributed by atoms with Gasteiger partial charge < -0.3 is 4.79 Å². The first-order valence-corrected chi connectivity index (χ1v) is 8.41. The Morgan fingerprint density at radius 3 is 1.65 bits per heavy atom. The molecule has 0 rings (SSSR count). The maximum atomic E-state index is 10.0. The number of carbonyl (C=O) groups excluding carboxylic acids is 1. The van der Waals surface area contributed by atoms with Gasteiger partial charge in [-0.05, 0) is 25.7 Å². The molecule has 0 fully saturated rings. The molecule has 0 unspecified atom stereocenters. The smallest absolute Gasteiger partial charge is 0.542 e. The van der Waals surface area contributed by atoms with Gasteiger partial charge in [0.05, 0.1) is 0 Å². The molecule has 0 atom stereocenters. The molecule has 0 aromatic rings. The van der Waals surface area contributed by atoms with Crippen LogP contribution in [-0.4, -0.2) is 6.29 Å². The Bertz CT molecular complexity index is 202. The molecule has 0 saturated carbocycles. The fourth-order valence-corrected chi connectivity index (χ4v) is 2.27. The first-order chi connectivity index (χ1) is 9.41. The largest absolute Gasteiger partial charge is 1.00 e. The molecule has 112 valence electrons. The van der Waals surface area contributed by atoms with Crippen LogP contribution in [-0.2, 0) is 4.79 Å². The maximum Gasteiger partial charge on any atom is 1.00 e. The molecule has 0 aliphatic carbocycles. The van der Waals surface area contributed by atoms with Crippen molar-refractivity contribution in [1.82, 2.24) is 0 Å². The van der Waals surface area contributed by atoms with Crippen molar-refractivity contribution in [1.29, 1.82) is 0 Å². The van der Waals surface area contributed by atoms with Crippen LogP contribution in [0.5, 0.6) is 0 Å². The van der Waals surface area contributed by atoms with Crippen molar-refractivity contribution in [2.24, 2.45) is 0 Å². The Balaban J connectivity index is 0. The van der Waals surface area contributed by atoms with Crippen LogP contribution in [0.4, 0.5) is 0 Å². The molecule has 0 N–H and O–H groups in total. The minimum atomic E-state index is 0. The van der Waals surface area contributed by atoms with Gasteiger partial charge in [-0.1, -0.05) is 76.9 Å². The van der Waals surface area contributed by atoms with Gasteiger partial charge in [0.1, 0.15) is 0 Å². The Hall–Kier alpha value is 0.410. The number of hydrogen-bond acceptors (Lipinski definition) is 1. The predicted molar refractivity (Wildman–Crippen MR) is 85.1 cm³/mol. The molecule has 0 aromatic carbocycles. The van der Waals surface area contributed by atoms with Crippen LogP contribution in [0, 0.1) is 0 Å². The second-order valence-electron chi connectivity index (χ2n) is 5.48. The van der Waals surface area contributed by atoms with Crippen molar-refractivity contribution >= 4 is 6.29 Å². The van der Waals surface area contributed by atoms with E-state index in [0.717, 1.165) is 6.42 Å². The van der Waals surface area contributed by atoms with Crippen LogP contribution in [0.15, 0.2) is 12.2 Å². The molecule has 20 heavy (non-hydrogen) atoms. The molecule has 0 saturated heterocycles. The summed E-state index contributed by atoms with van der Waals surface area (Å²) in [7, 11) is 0. The molecule has 0 radical (unpaired) electrons. The zero-order valence-electron chi connectivity index (χ0n) is 14.0. The first kappa shape index (κ1) is 22.7. The normalized spacial score (nSPS) is 10.7. The molecule has 2 heteroatoms. The summed E-state index contributed by atoms with van der Waals surface area (Å²) in [5.41, 5.74) is 0. The molecule has 0 spiro atoms. The molecule has 0 bridgehead atoms. The average Bonchev–Trinajstić information content (AvgIpc) is 2.43. The van der Waals surface area contributed by atoms with Gasteiger partial charge in [-0.3, -0.25) is 6.29 Å². The van der Waals surface area contributed by atoms with Gasteiger partial charge in [0, 0.05) is 0 Å². The van der Waals surface area contributed by atoms with Crippen LogP contribution in [0.25, 0.3) is 0 Å². The summed E-state index contributed by atoms with van der Waals surface area (Å²) in [4.78, 5) is 10.0. The quantitative estimate of drug-likeness (QED) is 0.196. The van der Waals surface area contributed by atoms with Crippen LogP contribution in [0.1, 0.15) is 96.8 Å². The van der Waals surface area contributed by atoms with E-state index in [4.69, 9.17) is 0 Å². The standard InChI is InChI=1S/C18H33O.Na/c1-2-3-4-5-6-7-8-9-10-11-12-13-14-15-16-17-18-19;/h9-10H,2-8,11-17H2,1H3;/q-1;+1/b10-9-;. The van der Waals surface area contributed by atoms with E-state index in [9.17, 15) is 4.79 Å². The number of rotatable bonds is 15. The van der Waals surface area contributed by atoms with E-state index in [1.165, 1.54) is 77.0 Å². The second-order valence-corrected chi connectivity index (χ2v) is 5.48. The predicted octanol–water partition coefficient (Wildman–Crippen LogP) is 3.14. The van der Waals surface area contributed by atoms with Crippen molar-refractivity contribution in [2.45, 2.75) is 96.8 Å². The van der Waals surface area contributed by atoms with Crippen molar-refractivity contribution < 1.29 is 34.4 Å². The van der Waals surface area contributed by atoms with Gasteiger partial charge in [0.2, 0.25) is 0 Å². The number of allylic oxidation sites excluding steroid dienone is 2. The molecule has 0 aromatic heterocycles. The fourth-order valence-electron chi connectivity index (χ4n) is 2.27. The van der Waals surface area contributed by atoms with E-state index in [2.05, 4.69) is 19.1 Å². The summed E-state index contributed by atoms with van der Waals surface area (Å²) in [6.07, 6.45) is 24.2. The van der Waals surface area contributed by atoms with E-state index >= 15 is 0 Å². The zero-order valence-corrected chi connectivity index (χ0v) is 16.0. The van der Waals surface area contributed by atoms with Crippen molar-refractivity contribution in [3.8, 4) is 0 Å². The minimum Gasteiger partial charge on any atom is -0.542 e. The summed E-state index contributed by atoms with van der Waals surface area (Å²) >= 11 is 0. The van der Waals surface area contributed by atoms with Gasteiger partial charge in [-0.25, -0.2) is 0 Å².